The van der Waals surface area contributed by atoms with Crippen molar-refractivity contribution in [2.45, 2.75) is 25.4 Å². The first-order chi connectivity index (χ1) is 8.25. The molecule has 2 aliphatic rings. The standard InChI is InChI=1S/C13H12ClNO2/c14-9-6-4-8(5-7-9)13-12-10(16)2-1-3-11(12)17-15-13/h4-7,11-12H,1-3H2/t11-,12+/m0/s1. The quantitative estimate of drug-likeness (QED) is 0.768. The number of oxime groups is 1. The molecule has 2 atom stereocenters. The van der Waals surface area contributed by atoms with Gasteiger partial charge in [-0.2, -0.15) is 0 Å². The Morgan fingerprint density at radius 1 is 1.29 bits per heavy atom. The molecule has 0 radical (unpaired) electrons. The number of ketones is 1. The third kappa shape index (κ3) is 1.84. The normalized spacial score (nSPS) is 27.4. The van der Waals surface area contributed by atoms with Crippen LogP contribution < -0.4 is 0 Å². The van der Waals surface area contributed by atoms with Gasteiger partial charge in [-0.25, -0.2) is 0 Å². The maximum Gasteiger partial charge on any atom is 0.145 e. The number of rotatable bonds is 1. The Bertz CT molecular complexity index is 481. The zero-order valence-electron chi connectivity index (χ0n) is 9.23. The Kier molecular flexibility index (Phi) is 2.63. The van der Waals surface area contributed by atoms with Crippen molar-refractivity contribution in [1.29, 1.82) is 0 Å². The van der Waals surface area contributed by atoms with Crippen LogP contribution in [-0.2, 0) is 9.63 Å². The van der Waals surface area contributed by atoms with Gasteiger partial charge in [0, 0.05) is 17.0 Å². The van der Waals surface area contributed by atoms with Crippen molar-refractivity contribution < 1.29 is 9.63 Å². The fourth-order valence-corrected chi connectivity index (χ4v) is 2.61. The van der Waals surface area contributed by atoms with E-state index in [9.17, 15) is 4.79 Å². The van der Waals surface area contributed by atoms with Gasteiger partial charge in [-0.05, 0) is 25.0 Å². The highest BCUT2D eigenvalue weighted by Gasteiger charge is 2.42. The van der Waals surface area contributed by atoms with Gasteiger partial charge in [0.15, 0.2) is 0 Å². The predicted molar refractivity (Wildman–Crippen MR) is 65.2 cm³/mol. The van der Waals surface area contributed by atoms with E-state index in [1.807, 2.05) is 12.1 Å². The zero-order chi connectivity index (χ0) is 11.8. The second-order valence-corrected chi connectivity index (χ2v) is 4.90. The van der Waals surface area contributed by atoms with E-state index in [0.717, 1.165) is 24.1 Å². The number of carbonyl (C=O) groups is 1. The minimum absolute atomic E-state index is 0.0538. The molecule has 0 unspecified atom stereocenters. The summed E-state index contributed by atoms with van der Waals surface area (Å²) in [6.07, 6.45) is 2.40. The highest BCUT2D eigenvalue weighted by atomic mass is 35.5. The van der Waals surface area contributed by atoms with Crippen LogP contribution in [0.15, 0.2) is 29.4 Å². The molecule has 88 valence electrons. The Hall–Kier alpha value is -1.35. The molecule has 1 aromatic carbocycles. The van der Waals surface area contributed by atoms with E-state index in [1.54, 1.807) is 12.1 Å². The number of hydrogen-bond donors (Lipinski definition) is 0. The summed E-state index contributed by atoms with van der Waals surface area (Å²) in [6, 6.07) is 7.38. The number of hydrogen-bond acceptors (Lipinski definition) is 3. The van der Waals surface area contributed by atoms with E-state index in [-0.39, 0.29) is 17.8 Å². The molecule has 1 fully saturated rings. The number of benzene rings is 1. The molecule has 3 rings (SSSR count). The first-order valence-electron chi connectivity index (χ1n) is 5.78. The lowest BCUT2D eigenvalue weighted by atomic mass is 9.81. The lowest BCUT2D eigenvalue weighted by Gasteiger charge is -2.22. The largest absolute Gasteiger partial charge is 0.391 e. The van der Waals surface area contributed by atoms with Crippen LogP contribution >= 0.6 is 11.6 Å². The van der Waals surface area contributed by atoms with Crippen LogP contribution in [0, 0.1) is 5.92 Å². The zero-order valence-corrected chi connectivity index (χ0v) is 9.98. The summed E-state index contributed by atoms with van der Waals surface area (Å²) in [6.45, 7) is 0. The molecule has 0 bridgehead atoms. The molecule has 0 aromatic heterocycles. The van der Waals surface area contributed by atoms with E-state index in [1.165, 1.54) is 0 Å². The number of fused-ring (bicyclic) bond motifs is 1. The molecule has 1 aromatic rings. The third-order valence-corrected chi connectivity index (χ3v) is 3.60. The van der Waals surface area contributed by atoms with E-state index < -0.39 is 0 Å². The summed E-state index contributed by atoms with van der Waals surface area (Å²) in [5.74, 6) is 0.0670. The fraction of sp³-hybridized carbons (Fsp3) is 0.385. The fourth-order valence-electron chi connectivity index (χ4n) is 2.48. The van der Waals surface area contributed by atoms with E-state index in [2.05, 4.69) is 5.16 Å². The van der Waals surface area contributed by atoms with Gasteiger partial charge >= 0.3 is 0 Å². The molecule has 3 nitrogen and oxygen atoms in total. The molecule has 1 heterocycles. The molecular weight excluding hydrogens is 238 g/mol. The van der Waals surface area contributed by atoms with E-state index in [4.69, 9.17) is 16.4 Å². The summed E-state index contributed by atoms with van der Waals surface area (Å²) >= 11 is 5.85. The summed E-state index contributed by atoms with van der Waals surface area (Å²) in [5.41, 5.74) is 1.69. The van der Waals surface area contributed by atoms with Crippen molar-refractivity contribution in [1.82, 2.24) is 0 Å². The van der Waals surface area contributed by atoms with Gasteiger partial charge in [0.25, 0.3) is 0 Å². The summed E-state index contributed by atoms with van der Waals surface area (Å²) < 4.78 is 0. The first-order valence-corrected chi connectivity index (χ1v) is 6.16. The van der Waals surface area contributed by atoms with Gasteiger partial charge in [0.2, 0.25) is 0 Å². The van der Waals surface area contributed by atoms with Crippen LogP contribution in [0.2, 0.25) is 5.02 Å². The van der Waals surface area contributed by atoms with Crippen LogP contribution in [0.1, 0.15) is 24.8 Å². The number of Topliss-reactive ketones (excluding diaryl/α,β-unsaturated/α-hetero) is 1. The molecule has 1 aliphatic heterocycles. The molecule has 0 amide bonds. The topological polar surface area (TPSA) is 38.7 Å². The van der Waals surface area contributed by atoms with Crippen molar-refractivity contribution >= 4 is 23.1 Å². The second kappa shape index (κ2) is 4.15. The van der Waals surface area contributed by atoms with E-state index in [0.29, 0.717) is 11.4 Å². The molecular formula is C13H12ClNO2. The smallest absolute Gasteiger partial charge is 0.145 e. The molecule has 17 heavy (non-hydrogen) atoms. The summed E-state index contributed by atoms with van der Waals surface area (Å²) in [4.78, 5) is 17.3. The van der Waals surface area contributed by atoms with E-state index >= 15 is 0 Å². The Morgan fingerprint density at radius 2 is 2.06 bits per heavy atom. The monoisotopic (exact) mass is 249 g/mol. The van der Waals surface area contributed by atoms with Gasteiger partial charge in [-0.1, -0.05) is 28.9 Å². The molecule has 1 aliphatic carbocycles. The van der Waals surface area contributed by atoms with Crippen LogP contribution in [0.4, 0.5) is 0 Å². The summed E-state index contributed by atoms with van der Waals surface area (Å²) in [5, 5.41) is 4.76. The minimum Gasteiger partial charge on any atom is -0.391 e. The molecule has 0 spiro atoms. The third-order valence-electron chi connectivity index (χ3n) is 3.35. The molecule has 0 N–H and O–H groups in total. The van der Waals surface area contributed by atoms with Crippen molar-refractivity contribution in [3.05, 3.63) is 34.9 Å². The highest BCUT2D eigenvalue weighted by Crippen LogP contribution is 2.32. The highest BCUT2D eigenvalue weighted by molar-refractivity contribution is 6.30. The number of nitrogens with zero attached hydrogens (tertiary/aromatic N) is 1. The molecule has 4 heteroatoms. The summed E-state index contributed by atoms with van der Waals surface area (Å²) in [7, 11) is 0. The maximum atomic E-state index is 11.9. The Balaban J connectivity index is 1.93. The van der Waals surface area contributed by atoms with Crippen LogP contribution in [0.5, 0.6) is 0 Å². The second-order valence-electron chi connectivity index (χ2n) is 4.46. The SMILES string of the molecule is O=C1CCC[C@@H]2ON=C(c3ccc(Cl)cc3)[C@H]12. The van der Waals surface area contributed by atoms with Crippen molar-refractivity contribution in [3.8, 4) is 0 Å². The van der Waals surface area contributed by atoms with Crippen LogP contribution in [-0.4, -0.2) is 17.6 Å². The van der Waals surface area contributed by atoms with Crippen molar-refractivity contribution in [2.75, 3.05) is 0 Å². The van der Waals surface area contributed by atoms with Crippen LogP contribution in [0.25, 0.3) is 0 Å². The molecule has 1 saturated carbocycles. The average Bonchev–Trinajstić information content (AvgIpc) is 2.75. The van der Waals surface area contributed by atoms with Gasteiger partial charge in [-0.3, -0.25) is 4.79 Å². The van der Waals surface area contributed by atoms with Crippen LogP contribution in [0.3, 0.4) is 0 Å². The average molecular weight is 250 g/mol. The van der Waals surface area contributed by atoms with Gasteiger partial charge < -0.3 is 4.84 Å². The maximum absolute atomic E-state index is 11.9. The minimum atomic E-state index is -0.176. The lowest BCUT2D eigenvalue weighted by molar-refractivity contribution is -0.126. The van der Waals surface area contributed by atoms with Crippen molar-refractivity contribution in [2.24, 2.45) is 11.1 Å². The predicted octanol–water partition coefficient (Wildman–Crippen LogP) is 2.81. The Morgan fingerprint density at radius 3 is 2.82 bits per heavy atom. The Labute approximate surface area is 104 Å². The van der Waals surface area contributed by atoms with Gasteiger partial charge in [-0.15, -0.1) is 0 Å². The number of carbonyl (C=O) groups excluding carboxylic acids is 1. The van der Waals surface area contributed by atoms with Gasteiger partial charge in [0.1, 0.15) is 23.5 Å². The van der Waals surface area contributed by atoms with Crippen molar-refractivity contribution in [3.63, 3.8) is 0 Å². The lowest BCUT2D eigenvalue weighted by Crippen LogP contribution is -2.35. The van der Waals surface area contributed by atoms with Gasteiger partial charge in [0.05, 0.1) is 0 Å². The number of halogens is 1. The molecule has 0 saturated heterocycles. The first kappa shape index (κ1) is 10.8.